The predicted octanol–water partition coefficient (Wildman–Crippen LogP) is 4.08. The average Bonchev–Trinajstić information content (AvgIpc) is 2.81. The Morgan fingerprint density at radius 2 is 2.04 bits per heavy atom. The Hall–Kier alpha value is -1.89. The van der Waals surface area contributed by atoms with Crippen molar-refractivity contribution in [3.63, 3.8) is 0 Å². The zero-order valence-electron chi connectivity index (χ0n) is 13.7. The van der Waals surface area contributed by atoms with Crippen LogP contribution < -0.4 is 0 Å². The van der Waals surface area contributed by atoms with Crippen LogP contribution in [0.1, 0.15) is 49.6 Å². The van der Waals surface area contributed by atoms with Gasteiger partial charge in [-0.05, 0) is 58.0 Å². The van der Waals surface area contributed by atoms with Crippen LogP contribution in [0.25, 0.3) is 0 Å². The molecule has 2 aromatic rings. The Labute approximate surface area is 142 Å². The van der Waals surface area contributed by atoms with Crippen molar-refractivity contribution in [3.8, 4) is 11.8 Å². The first-order chi connectivity index (χ1) is 11.0. The Bertz CT molecular complexity index is 756. The van der Waals surface area contributed by atoms with Crippen LogP contribution in [0.3, 0.4) is 0 Å². The Kier molecular flexibility index (Phi) is 4.39. The minimum atomic E-state index is 0.238. The molecule has 1 fully saturated rings. The highest BCUT2D eigenvalue weighted by Crippen LogP contribution is 2.39. The Morgan fingerprint density at radius 1 is 1.22 bits per heavy atom. The molecular weight excluding hydrogens is 306 g/mol. The standard InChI is InChI=1S/C19H20ClN3/c1-19(2)11-10-17(23(19)3)16-9-7-14(13-22-16)6-8-15-5-4-12-21-18(15)20/h4-5,7,9,12-13,17H,10-11H2,1-3H3/t17-/m1/s1. The van der Waals surface area contributed by atoms with Gasteiger partial charge in [0, 0.05) is 23.5 Å². The molecule has 1 atom stereocenters. The van der Waals surface area contributed by atoms with Crippen LogP contribution >= 0.6 is 11.6 Å². The minimum Gasteiger partial charge on any atom is -0.293 e. The van der Waals surface area contributed by atoms with E-state index in [9.17, 15) is 0 Å². The summed E-state index contributed by atoms with van der Waals surface area (Å²) in [5, 5.41) is 0.430. The fourth-order valence-electron chi connectivity index (χ4n) is 2.92. The third-order valence-corrected chi connectivity index (χ3v) is 4.98. The highest BCUT2D eigenvalue weighted by molar-refractivity contribution is 6.30. The second kappa shape index (κ2) is 6.31. The summed E-state index contributed by atoms with van der Waals surface area (Å²) >= 11 is 6.01. The van der Waals surface area contributed by atoms with Crippen molar-refractivity contribution in [2.75, 3.05) is 7.05 Å². The third kappa shape index (κ3) is 3.39. The lowest BCUT2D eigenvalue weighted by Crippen LogP contribution is -2.36. The van der Waals surface area contributed by atoms with Crippen molar-refractivity contribution in [1.29, 1.82) is 0 Å². The molecule has 1 saturated heterocycles. The van der Waals surface area contributed by atoms with E-state index in [-0.39, 0.29) is 5.54 Å². The van der Waals surface area contributed by atoms with Crippen LogP contribution in [-0.4, -0.2) is 27.5 Å². The molecule has 1 aliphatic heterocycles. The number of likely N-dealkylation sites (tertiary alicyclic amines) is 1. The highest BCUT2D eigenvalue weighted by Gasteiger charge is 2.37. The van der Waals surface area contributed by atoms with Gasteiger partial charge in [-0.3, -0.25) is 9.88 Å². The summed E-state index contributed by atoms with van der Waals surface area (Å²) in [6.45, 7) is 4.56. The lowest BCUT2D eigenvalue weighted by Gasteiger charge is -2.31. The zero-order chi connectivity index (χ0) is 16.4. The summed E-state index contributed by atoms with van der Waals surface area (Å²) in [7, 11) is 2.18. The normalized spacial score (nSPS) is 20.1. The molecule has 23 heavy (non-hydrogen) atoms. The molecule has 3 nitrogen and oxygen atoms in total. The molecular formula is C19H20ClN3. The topological polar surface area (TPSA) is 29.0 Å². The smallest absolute Gasteiger partial charge is 0.144 e. The summed E-state index contributed by atoms with van der Waals surface area (Å²) in [4.78, 5) is 11.1. The fraction of sp³-hybridized carbons (Fsp3) is 0.368. The van der Waals surface area contributed by atoms with Crippen molar-refractivity contribution in [2.24, 2.45) is 0 Å². The van der Waals surface area contributed by atoms with Gasteiger partial charge >= 0.3 is 0 Å². The summed E-state index contributed by atoms with van der Waals surface area (Å²) in [5.74, 6) is 6.14. The number of aromatic nitrogens is 2. The predicted molar refractivity (Wildman–Crippen MR) is 93.3 cm³/mol. The molecule has 4 heteroatoms. The molecule has 1 aliphatic rings. The van der Waals surface area contributed by atoms with Crippen molar-refractivity contribution < 1.29 is 0 Å². The number of pyridine rings is 2. The van der Waals surface area contributed by atoms with E-state index in [1.165, 1.54) is 6.42 Å². The number of hydrogen-bond acceptors (Lipinski definition) is 3. The van der Waals surface area contributed by atoms with Crippen LogP contribution in [0, 0.1) is 11.8 Å². The first-order valence-electron chi connectivity index (χ1n) is 7.79. The summed E-state index contributed by atoms with van der Waals surface area (Å²) < 4.78 is 0. The summed E-state index contributed by atoms with van der Waals surface area (Å²) in [6.07, 6.45) is 5.83. The largest absolute Gasteiger partial charge is 0.293 e. The van der Waals surface area contributed by atoms with Crippen LogP contribution in [0.4, 0.5) is 0 Å². The molecule has 0 radical (unpaired) electrons. The molecule has 3 rings (SSSR count). The van der Waals surface area contributed by atoms with Gasteiger partial charge in [-0.2, -0.15) is 0 Å². The molecule has 0 N–H and O–H groups in total. The minimum absolute atomic E-state index is 0.238. The Balaban J connectivity index is 1.78. The zero-order valence-corrected chi connectivity index (χ0v) is 14.4. The number of rotatable bonds is 1. The van der Waals surface area contributed by atoms with E-state index >= 15 is 0 Å². The molecule has 0 bridgehead atoms. The maximum atomic E-state index is 6.01. The average molecular weight is 326 g/mol. The van der Waals surface area contributed by atoms with E-state index in [0.717, 1.165) is 23.2 Å². The van der Waals surface area contributed by atoms with Gasteiger partial charge in [0.1, 0.15) is 5.15 Å². The molecule has 0 amide bonds. The van der Waals surface area contributed by atoms with E-state index in [1.54, 1.807) is 6.20 Å². The first-order valence-corrected chi connectivity index (χ1v) is 8.16. The maximum Gasteiger partial charge on any atom is 0.144 e. The van der Waals surface area contributed by atoms with E-state index in [2.05, 4.69) is 53.7 Å². The van der Waals surface area contributed by atoms with Crippen molar-refractivity contribution >= 4 is 11.6 Å². The van der Waals surface area contributed by atoms with E-state index in [4.69, 9.17) is 11.6 Å². The molecule has 0 aromatic carbocycles. The van der Waals surface area contributed by atoms with Crippen LogP contribution in [0.2, 0.25) is 5.15 Å². The van der Waals surface area contributed by atoms with Crippen LogP contribution in [0.5, 0.6) is 0 Å². The molecule has 0 spiro atoms. The molecule has 0 aliphatic carbocycles. The van der Waals surface area contributed by atoms with Crippen molar-refractivity contribution in [3.05, 3.63) is 58.6 Å². The maximum absolute atomic E-state index is 6.01. The highest BCUT2D eigenvalue weighted by atomic mass is 35.5. The molecule has 3 heterocycles. The van der Waals surface area contributed by atoms with Gasteiger partial charge < -0.3 is 0 Å². The molecule has 0 unspecified atom stereocenters. The van der Waals surface area contributed by atoms with Crippen LogP contribution in [0.15, 0.2) is 36.7 Å². The number of hydrogen-bond donors (Lipinski definition) is 0. The lowest BCUT2D eigenvalue weighted by atomic mass is 10.0. The first kappa shape index (κ1) is 16.0. The van der Waals surface area contributed by atoms with Gasteiger partial charge in [0.15, 0.2) is 0 Å². The van der Waals surface area contributed by atoms with Gasteiger partial charge in [-0.25, -0.2) is 4.98 Å². The SMILES string of the molecule is CN1[C@@H](c2ccc(C#Cc3cccnc3Cl)cn2)CCC1(C)C. The third-order valence-electron chi connectivity index (χ3n) is 4.68. The van der Waals surface area contributed by atoms with Crippen molar-refractivity contribution in [1.82, 2.24) is 14.9 Å². The van der Waals surface area contributed by atoms with E-state index in [0.29, 0.717) is 11.2 Å². The fourth-order valence-corrected chi connectivity index (χ4v) is 3.09. The summed E-state index contributed by atoms with van der Waals surface area (Å²) in [5.41, 5.74) is 2.97. The molecule has 2 aromatic heterocycles. The molecule has 118 valence electrons. The van der Waals surface area contributed by atoms with Gasteiger partial charge in [0.2, 0.25) is 0 Å². The number of halogens is 1. The second-order valence-electron chi connectivity index (χ2n) is 6.54. The second-order valence-corrected chi connectivity index (χ2v) is 6.90. The van der Waals surface area contributed by atoms with Crippen molar-refractivity contribution in [2.45, 2.75) is 38.3 Å². The van der Waals surface area contributed by atoms with Gasteiger partial charge in [0.05, 0.1) is 17.3 Å². The van der Waals surface area contributed by atoms with E-state index < -0.39 is 0 Å². The summed E-state index contributed by atoms with van der Waals surface area (Å²) in [6, 6.07) is 8.19. The van der Waals surface area contributed by atoms with Gasteiger partial charge in [-0.1, -0.05) is 23.4 Å². The van der Waals surface area contributed by atoms with Crippen LogP contribution in [-0.2, 0) is 0 Å². The monoisotopic (exact) mass is 325 g/mol. The quantitative estimate of drug-likeness (QED) is 0.584. The van der Waals surface area contributed by atoms with Gasteiger partial charge in [0.25, 0.3) is 0 Å². The number of nitrogens with zero attached hydrogens (tertiary/aromatic N) is 3. The molecule has 0 saturated carbocycles. The Morgan fingerprint density at radius 3 is 2.65 bits per heavy atom. The lowest BCUT2D eigenvalue weighted by molar-refractivity contribution is 0.167. The van der Waals surface area contributed by atoms with Gasteiger partial charge in [-0.15, -0.1) is 0 Å². The van der Waals surface area contributed by atoms with E-state index in [1.807, 2.05) is 24.4 Å².